The van der Waals surface area contributed by atoms with Gasteiger partial charge in [-0.25, -0.2) is 0 Å². The number of benzene rings is 1. The molecule has 2 aromatic rings. The van der Waals surface area contributed by atoms with Gasteiger partial charge in [-0.05, 0) is 36.6 Å². The molecule has 1 heterocycles. The van der Waals surface area contributed by atoms with Crippen molar-refractivity contribution in [3.8, 4) is 0 Å². The second kappa shape index (κ2) is 7.59. The zero-order valence-corrected chi connectivity index (χ0v) is 14.4. The van der Waals surface area contributed by atoms with Crippen LogP contribution in [0.2, 0.25) is 5.02 Å². The van der Waals surface area contributed by atoms with Crippen molar-refractivity contribution in [3.05, 3.63) is 51.2 Å². The lowest BCUT2D eigenvalue weighted by molar-refractivity contribution is 0.0748. The zero-order valence-electron chi connectivity index (χ0n) is 12.9. The number of carbonyl (C=O) groups excluding carboxylic acids is 2. The lowest BCUT2D eigenvalue weighted by atomic mass is 10.1. The largest absolute Gasteiger partial charge is 0.338 e. The monoisotopic (exact) mass is 351 g/mol. The minimum Gasteiger partial charge on any atom is -0.338 e. The molecule has 1 aromatic carbocycles. The maximum Gasteiger partial charge on any atom is 0.265 e. The SMILES string of the molecule is CC(CN)N(C)C(=O)c1ccc(Cl)c(NC(=O)c2cccs2)c1. The van der Waals surface area contributed by atoms with Gasteiger partial charge in [0.1, 0.15) is 0 Å². The first-order chi connectivity index (χ1) is 10.9. The molecule has 122 valence electrons. The molecule has 0 bridgehead atoms. The van der Waals surface area contributed by atoms with Crippen LogP contribution in [-0.2, 0) is 0 Å². The number of hydrogen-bond acceptors (Lipinski definition) is 4. The highest BCUT2D eigenvalue weighted by molar-refractivity contribution is 7.12. The van der Waals surface area contributed by atoms with Crippen LogP contribution in [0.25, 0.3) is 0 Å². The third kappa shape index (κ3) is 4.10. The van der Waals surface area contributed by atoms with Crippen LogP contribution >= 0.6 is 22.9 Å². The number of likely N-dealkylation sites (N-methyl/N-ethyl adjacent to an activating group) is 1. The summed E-state index contributed by atoms with van der Waals surface area (Å²) >= 11 is 7.45. The molecular weight excluding hydrogens is 334 g/mol. The molecule has 1 atom stereocenters. The Morgan fingerprint density at radius 2 is 2.13 bits per heavy atom. The van der Waals surface area contributed by atoms with Crippen molar-refractivity contribution in [3.63, 3.8) is 0 Å². The van der Waals surface area contributed by atoms with Crippen molar-refractivity contribution < 1.29 is 9.59 Å². The van der Waals surface area contributed by atoms with Crippen molar-refractivity contribution in [1.29, 1.82) is 0 Å². The molecule has 0 aliphatic heterocycles. The van der Waals surface area contributed by atoms with E-state index < -0.39 is 0 Å². The van der Waals surface area contributed by atoms with Crippen molar-refractivity contribution in [2.45, 2.75) is 13.0 Å². The minimum atomic E-state index is -0.254. The van der Waals surface area contributed by atoms with Gasteiger partial charge < -0.3 is 16.0 Å². The Morgan fingerprint density at radius 1 is 1.39 bits per heavy atom. The molecule has 0 saturated heterocycles. The normalized spacial score (nSPS) is 11.8. The van der Waals surface area contributed by atoms with E-state index in [1.165, 1.54) is 11.3 Å². The van der Waals surface area contributed by atoms with Crippen LogP contribution in [0.3, 0.4) is 0 Å². The van der Waals surface area contributed by atoms with E-state index >= 15 is 0 Å². The molecule has 2 rings (SSSR count). The Balaban J connectivity index is 2.22. The van der Waals surface area contributed by atoms with Gasteiger partial charge in [-0.15, -0.1) is 11.3 Å². The smallest absolute Gasteiger partial charge is 0.265 e. The Morgan fingerprint density at radius 3 is 2.74 bits per heavy atom. The van der Waals surface area contributed by atoms with Gasteiger partial charge in [0, 0.05) is 25.2 Å². The van der Waals surface area contributed by atoms with Gasteiger partial charge in [0.05, 0.1) is 15.6 Å². The van der Waals surface area contributed by atoms with Crippen LogP contribution in [0, 0.1) is 0 Å². The number of nitrogens with one attached hydrogen (secondary N) is 1. The van der Waals surface area contributed by atoms with Gasteiger partial charge in [0.15, 0.2) is 0 Å². The third-order valence-electron chi connectivity index (χ3n) is 3.53. The average Bonchev–Trinajstić information content (AvgIpc) is 3.09. The molecule has 0 fully saturated rings. The molecule has 2 amide bonds. The Hall–Kier alpha value is -1.89. The highest BCUT2D eigenvalue weighted by atomic mass is 35.5. The molecule has 3 N–H and O–H groups in total. The number of rotatable bonds is 5. The number of carbonyl (C=O) groups is 2. The minimum absolute atomic E-state index is 0.0812. The van der Waals surface area contributed by atoms with Gasteiger partial charge in [0.2, 0.25) is 0 Å². The van der Waals surface area contributed by atoms with Crippen LogP contribution < -0.4 is 11.1 Å². The fourth-order valence-corrected chi connectivity index (χ4v) is 2.69. The number of halogens is 1. The summed E-state index contributed by atoms with van der Waals surface area (Å²) < 4.78 is 0. The second-order valence-corrected chi connectivity index (χ2v) is 6.48. The topological polar surface area (TPSA) is 75.4 Å². The van der Waals surface area contributed by atoms with Gasteiger partial charge in [-0.1, -0.05) is 17.7 Å². The van der Waals surface area contributed by atoms with Crippen LogP contribution in [0.1, 0.15) is 27.0 Å². The molecule has 0 saturated carbocycles. The fraction of sp³-hybridized carbons (Fsp3) is 0.250. The maximum absolute atomic E-state index is 12.4. The number of anilines is 1. The first-order valence-electron chi connectivity index (χ1n) is 7.05. The van der Waals surface area contributed by atoms with Gasteiger partial charge >= 0.3 is 0 Å². The molecular formula is C16H18ClN3O2S. The van der Waals surface area contributed by atoms with E-state index in [9.17, 15) is 9.59 Å². The van der Waals surface area contributed by atoms with E-state index in [-0.39, 0.29) is 17.9 Å². The zero-order chi connectivity index (χ0) is 17.0. The van der Waals surface area contributed by atoms with E-state index in [4.69, 9.17) is 17.3 Å². The van der Waals surface area contributed by atoms with E-state index in [2.05, 4.69) is 5.32 Å². The Labute approximate surface area is 144 Å². The predicted octanol–water partition coefficient (Wildman–Crippen LogP) is 3.07. The average molecular weight is 352 g/mol. The Bertz CT molecular complexity index is 703. The van der Waals surface area contributed by atoms with E-state index in [0.29, 0.717) is 27.7 Å². The van der Waals surface area contributed by atoms with Gasteiger partial charge in [-0.3, -0.25) is 9.59 Å². The van der Waals surface area contributed by atoms with Crippen molar-refractivity contribution in [2.75, 3.05) is 18.9 Å². The highest BCUT2D eigenvalue weighted by Gasteiger charge is 2.18. The molecule has 7 heteroatoms. The van der Waals surface area contributed by atoms with Crippen molar-refractivity contribution in [2.24, 2.45) is 5.73 Å². The number of thiophene rings is 1. The first kappa shape index (κ1) is 17.5. The van der Waals surface area contributed by atoms with E-state index in [1.54, 1.807) is 42.3 Å². The third-order valence-corrected chi connectivity index (χ3v) is 4.73. The van der Waals surface area contributed by atoms with Crippen molar-refractivity contribution >= 4 is 40.4 Å². The summed E-state index contributed by atoms with van der Waals surface area (Å²) in [5.74, 6) is -0.429. The second-order valence-electron chi connectivity index (χ2n) is 5.13. The molecule has 23 heavy (non-hydrogen) atoms. The van der Waals surface area contributed by atoms with E-state index in [1.807, 2.05) is 12.3 Å². The fourth-order valence-electron chi connectivity index (χ4n) is 1.91. The molecule has 1 aromatic heterocycles. The van der Waals surface area contributed by atoms with Crippen LogP contribution in [0.15, 0.2) is 35.7 Å². The summed E-state index contributed by atoms with van der Waals surface area (Å²) in [4.78, 5) is 26.7. The van der Waals surface area contributed by atoms with Gasteiger partial charge in [-0.2, -0.15) is 0 Å². The van der Waals surface area contributed by atoms with Gasteiger partial charge in [0.25, 0.3) is 11.8 Å². The molecule has 5 nitrogen and oxygen atoms in total. The molecule has 1 unspecified atom stereocenters. The summed E-state index contributed by atoms with van der Waals surface area (Å²) in [6, 6.07) is 8.24. The van der Waals surface area contributed by atoms with E-state index in [0.717, 1.165) is 0 Å². The lowest BCUT2D eigenvalue weighted by Crippen LogP contribution is -2.39. The highest BCUT2D eigenvalue weighted by Crippen LogP contribution is 2.25. The Kier molecular flexibility index (Phi) is 5.76. The maximum atomic E-state index is 12.4. The number of hydrogen-bond donors (Lipinski definition) is 2. The summed E-state index contributed by atoms with van der Waals surface area (Å²) in [5, 5.41) is 4.93. The molecule has 0 aliphatic rings. The molecule has 0 spiro atoms. The first-order valence-corrected chi connectivity index (χ1v) is 8.31. The quantitative estimate of drug-likeness (QED) is 0.869. The molecule has 0 radical (unpaired) electrons. The number of nitrogens with zero attached hydrogens (tertiary/aromatic N) is 1. The predicted molar refractivity (Wildman–Crippen MR) is 94.3 cm³/mol. The van der Waals surface area contributed by atoms with Crippen LogP contribution in [-0.4, -0.2) is 36.3 Å². The summed E-state index contributed by atoms with van der Waals surface area (Å²) in [5.41, 5.74) is 6.44. The summed E-state index contributed by atoms with van der Waals surface area (Å²) in [6.07, 6.45) is 0. The van der Waals surface area contributed by atoms with Crippen LogP contribution in [0.4, 0.5) is 5.69 Å². The lowest BCUT2D eigenvalue weighted by Gasteiger charge is -2.24. The summed E-state index contributed by atoms with van der Waals surface area (Å²) in [6.45, 7) is 2.24. The molecule has 0 aliphatic carbocycles. The number of nitrogens with two attached hydrogens (primary N) is 1. The summed E-state index contributed by atoms with van der Waals surface area (Å²) in [7, 11) is 1.69. The van der Waals surface area contributed by atoms with Crippen LogP contribution in [0.5, 0.6) is 0 Å². The number of amides is 2. The van der Waals surface area contributed by atoms with Crippen molar-refractivity contribution in [1.82, 2.24) is 4.90 Å². The standard InChI is InChI=1S/C16H18ClN3O2S/c1-10(9-18)20(2)16(22)11-5-6-12(17)13(8-11)19-15(21)14-4-3-7-23-14/h3-8,10H,9,18H2,1-2H3,(H,19,21).